The number of ether oxygens (including phenoxy) is 1. The number of benzene rings is 1. The van der Waals surface area contributed by atoms with E-state index in [1.807, 2.05) is 18.2 Å². The lowest BCUT2D eigenvalue weighted by Crippen LogP contribution is -2.29. The van der Waals surface area contributed by atoms with Crippen molar-refractivity contribution in [3.63, 3.8) is 0 Å². The quantitative estimate of drug-likeness (QED) is 0.839. The van der Waals surface area contributed by atoms with Gasteiger partial charge in [0.15, 0.2) is 5.03 Å². The molecular formula is C17H20N2O4S. The van der Waals surface area contributed by atoms with Crippen LogP contribution >= 0.6 is 0 Å². The van der Waals surface area contributed by atoms with E-state index in [0.29, 0.717) is 0 Å². The minimum Gasteiger partial charge on any atom is -0.456 e. The highest BCUT2D eigenvalue weighted by atomic mass is 32.2. The minimum atomic E-state index is -3.95. The molecule has 2 rings (SSSR count). The van der Waals surface area contributed by atoms with Crippen molar-refractivity contribution < 1.29 is 17.9 Å². The highest BCUT2D eigenvalue weighted by molar-refractivity contribution is 7.89. The maximum absolute atomic E-state index is 12.5. The fraction of sp³-hybridized carbons (Fsp3) is 0.294. The van der Waals surface area contributed by atoms with Crippen LogP contribution in [0.5, 0.6) is 0 Å². The Morgan fingerprint density at radius 2 is 1.79 bits per heavy atom. The van der Waals surface area contributed by atoms with Gasteiger partial charge in [-0.25, -0.2) is 22.9 Å². The normalized spacial score (nSPS) is 12.0. The van der Waals surface area contributed by atoms with Crippen LogP contribution in [0.15, 0.2) is 53.7 Å². The number of sulfonamides is 1. The fourth-order valence-electron chi connectivity index (χ4n) is 1.94. The Labute approximate surface area is 141 Å². The van der Waals surface area contributed by atoms with Crippen molar-refractivity contribution in [2.24, 2.45) is 0 Å². The van der Waals surface area contributed by atoms with Gasteiger partial charge in [-0.05, 0) is 38.5 Å². The van der Waals surface area contributed by atoms with Gasteiger partial charge in [0.1, 0.15) is 5.60 Å². The third-order valence-electron chi connectivity index (χ3n) is 2.95. The highest BCUT2D eigenvalue weighted by Crippen LogP contribution is 2.17. The summed E-state index contributed by atoms with van der Waals surface area (Å²) in [4.78, 5) is 16.1. The number of carbonyl (C=O) groups excluding carboxylic acids is 1. The van der Waals surface area contributed by atoms with E-state index < -0.39 is 21.6 Å². The van der Waals surface area contributed by atoms with Crippen LogP contribution in [0.25, 0.3) is 0 Å². The van der Waals surface area contributed by atoms with Gasteiger partial charge >= 0.3 is 5.97 Å². The zero-order chi connectivity index (χ0) is 17.8. The van der Waals surface area contributed by atoms with Gasteiger partial charge in [0.25, 0.3) is 10.0 Å². The number of nitrogens with one attached hydrogen (secondary N) is 1. The summed E-state index contributed by atoms with van der Waals surface area (Å²) < 4.78 is 32.7. The predicted octanol–water partition coefficient (Wildman–Crippen LogP) is 2.52. The number of rotatable bonds is 5. The van der Waals surface area contributed by atoms with E-state index in [4.69, 9.17) is 4.74 Å². The first-order valence-corrected chi connectivity index (χ1v) is 8.89. The molecule has 2 aromatic rings. The summed E-state index contributed by atoms with van der Waals surface area (Å²) in [6, 6.07) is 12.0. The van der Waals surface area contributed by atoms with E-state index in [9.17, 15) is 13.2 Å². The van der Waals surface area contributed by atoms with E-state index in [0.717, 1.165) is 5.56 Å². The summed E-state index contributed by atoms with van der Waals surface area (Å²) >= 11 is 0. The Kier molecular flexibility index (Phi) is 5.36. The summed E-state index contributed by atoms with van der Waals surface area (Å²) in [7, 11) is -3.95. The van der Waals surface area contributed by atoms with Gasteiger partial charge in [-0.1, -0.05) is 30.3 Å². The zero-order valence-corrected chi connectivity index (χ0v) is 14.6. The molecule has 0 aliphatic rings. The van der Waals surface area contributed by atoms with Crippen LogP contribution in [0.4, 0.5) is 0 Å². The van der Waals surface area contributed by atoms with Crippen LogP contribution in [-0.4, -0.2) is 25.0 Å². The number of carbonyl (C=O) groups is 1. The standard InChI is InChI=1S/C17H20N2O4S/c1-17(2,3)23-16(20)14-10-7-11-18-15(14)24(21,22)19-12-13-8-5-4-6-9-13/h4-11,19H,12H2,1-3H3. The smallest absolute Gasteiger partial charge is 0.341 e. The van der Waals surface area contributed by atoms with E-state index in [1.165, 1.54) is 18.3 Å². The molecule has 0 spiro atoms. The second-order valence-corrected chi connectivity index (χ2v) is 7.85. The first-order chi connectivity index (χ1) is 11.2. The average molecular weight is 348 g/mol. The van der Waals surface area contributed by atoms with Crippen LogP contribution < -0.4 is 4.72 Å². The minimum absolute atomic E-state index is 0.0898. The Hall–Kier alpha value is -2.25. The lowest BCUT2D eigenvalue weighted by atomic mass is 10.2. The number of hydrogen-bond acceptors (Lipinski definition) is 5. The second kappa shape index (κ2) is 7.11. The molecule has 1 aromatic carbocycles. The lowest BCUT2D eigenvalue weighted by Gasteiger charge is -2.20. The van der Waals surface area contributed by atoms with Gasteiger partial charge in [-0.15, -0.1) is 0 Å². The molecule has 1 aromatic heterocycles. The average Bonchev–Trinajstić information content (AvgIpc) is 2.52. The van der Waals surface area contributed by atoms with E-state index in [1.54, 1.807) is 32.9 Å². The van der Waals surface area contributed by atoms with Crippen LogP contribution in [0.2, 0.25) is 0 Å². The summed E-state index contributed by atoms with van der Waals surface area (Å²) in [5, 5.41) is -0.338. The van der Waals surface area contributed by atoms with Gasteiger partial charge in [-0.2, -0.15) is 0 Å². The Balaban J connectivity index is 2.25. The second-order valence-electron chi connectivity index (χ2n) is 6.17. The maximum atomic E-state index is 12.5. The highest BCUT2D eigenvalue weighted by Gasteiger charge is 2.27. The molecule has 6 nitrogen and oxygen atoms in total. The fourth-order valence-corrected chi connectivity index (χ4v) is 3.07. The molecule has 0 atom stereocenters. The topological polar surface area (TPSA) is 85.4 Å². The first kappa shape index (κ1) is 18.1. The van der Waals surface area contributed by atoms with E-state index in [-0.39, 0.29) is 17.1 Å². The van der Waals surface area contributed by atoms with Crippen molar-refractivity contribution in [1.82, 2.24) is 9.71 Å². The maximum Gasteiger partial charge on any atom is 0.341 e. The Morgan fingerprint density at radius 3 is 2.42 bits per heavy atom. The monoisotopic (exact) mass is 348 g/mol. The van der Waals surface area contributed by atoms with Crippen molar-refractivity contribution in [1.29, 1.82) is 0 Å². The largest absolute Gasteiger partial charge is 0.456 e. The number of pyridine rings is 1. The van der Waals surface area contributed by atoms with Crippen molar-refractivity contribution in [2.75, 3.05) is 0 Å². The molecule has 0 amide bonds. The number of hydrogen-bond donors (Lipinski definition) is 1. The lowest BCUT2D eigenvalue weighted by molar-refractivity contribution is 0.00641. The summed E-state index contributed by atoms with van der Waals surface area (Å²) in [5.41, 5.74) is -0.0189. The summed E-state index contributed by atoms with van der Waals surface area (Å²) in [5.74, 6) is -0.726. The van der Waals surface area contributed by atoms with E-state index in [2.05, 4.69) is 9.71 Å². The van der Waals surface area contributed by atoms with Crippen molar-refractivity contribution >= 4 is 16.0 Å². The zero-order valence-electron chi connectivity index (χ0n) is 13.8. The molecule has 1 N–H and O–H groups in total. The Morgan fingerprint density at radius 1 is 1.12 bits per heavy atom. The van der Waals surface area contributed by atoms with Gasteiger partial charge < -0.3 is 4.74 Å². The molecule has 0 aliphatic carbocycles. The molecule has 0 saturated carbocycles. The van der Waals surface area contributed by atoms with Crippen LogP contribution in [0.1, 0.15) is 36.7 Å². The number of aromatic nitrogens is 1. The van der Waals surface area contributed by atoms with E-state index >= 15 is 0 Å². The third kappa shape index (κ3) is 4.87. The summed E-state index contributed by atoms with van der Waals surface area (Å²) in [6.07, 6.45) is 1.32. The van der Waals surface area contributed by atoms with Crippen LogP contribution in [-0.2, 0) is 21.3 Å². The molecule has 0 radical (unpaired) electrons. The van der Waals surface area contributed by atoms with Crippen molar-refractivity contribution in [3.05, 3.63) is 59.8 Å². The first-order valence-electron chi connectivity index (χ1n) is 7.41. The predicted molar refractivity (Wildman–Crippen MR) is 89.9 cm³/mol. The molecule has 0 fully saturated rings. The molecule has 0 unspecified atom stereocenters. The summed E-state index contributed by atoms with van der Waals surface area (Å²) in [6.45, 7) is 5.24. The van der Waals surface area contributed by atoms with Crippen LogP contribution in [0, 0.1) is 0 Å². The molecule has 0 saturated heterocycles. The number of nitrogens with zero attached hydrogens (tertiary/aromatic N) is 1. The SMILES string of the molecule is CC(C)(C)OC(=O)c1cccnc1S(=O)(=O)NCc1ccccc1. The molecule has 0 aliphatic heterocycles. The van der Waals surface area contributed by atoms with Gasteiger partial charge in [0.05, 0.1) is 5.56 Å². The molecule has 128 valence electrons. The molecule has 1 heterocycles. The molecule has 24 heavy (non-hydrogen) atoms. The molecular weight excluding hydrogens is 328 g/mol. The molecule has 7 heteroatoms. The van der Waals surface area contributed by atoms with Crippen molar-refractivity contribution in [3.8, 4) is 0 Å². The third-order valence-corrected chi connectivity index (χ3v) is 4.31. The Bertz CT molecular complexity index is 812. The van der Waals surface area contributed by atoms with Gasteiger partial charge in [-0.3, -0.25) is 0 Å². The van der Waals surface area contributed by atoms with Crippen LogP contribution in [0.3, 0.4) is 0 Å². The number of esters is 1. The van der Waals surface area contributed by atoms with Gasteiger partial charge in [0.2, 0.25) is 0 Å². The van der Waals surface area contributed by atoms with Crippen molar-refractivity contribution in [2.45, 2.75) is 37.9 Å². The van der Waals surface area contributed by atoms with Gasteiger partial charge in [0, 0.05) is 12.7 Å². The molecule has 0 bridgehead atoms.